The van der Waals surface area contributed by atoms with Crippen molar-refractivity contribution in [1.82, 2.24) is 4.90 Å². The van der Waals surface area contributed by atoms with Crippen molar-refractivity contribution in [2.75, 3.05) is 7.05 Å². The van der Waals surface area contributed by atoms with E-state index in [4.69, 9.17) is 5.11 Å². The summed E-state index contributed by atoms with van der Waals surface area (Å²) in [4.78, 5) is 33.3. The number of carboxylic acid groups (broad SMARTS) is 1. The maximum absolute atomic E-state index is 11.5. The summed E-state index contributed by atoms with van der Waals surface area (Å²) in [6.45, 7) is 0.0277. The monoisotopic (exact) mass is 264 g/mol. The molecular weight excluding hydrogens is 252 g/mol. The standard InChI is InChI=1S/C12H12N2O5/c1-13(11(15)6-7-12(16)17)8-9-4-2-3-5-10(9)14(18)19/h2-7H,8H2,1H3,(H,16,17)/b7-6+. The minimum absolute atomic E-state index is 0.0277. The van der Waals surface area contributed by atoms with Crippen LogP contribution in [0.25, 0.3) is 0 Å². The van der Waals surface area contributed by atoms with Crippen LogP contribution in [0.4, 0.5) is 5.69 Å². The Labute approximate surface area is 108 Å². The van der Waals surface area contributed by atoms with Gasteiger partial charge in [0.05, 0.1) is 11.5 Å². The topological polar surface area (TPSA) is 101 Å². The summed E-state index contributed by atoms with van der Waals surface area (Å²) in [6.07, 6.45) is 1.62. The van der Waals surface area contributed by atoms with Crippen molar-refractivity contribution in [3.63, 3.8) is 0 Å². The molecule has 0 aliphatic heterocycles. The number of benzene rings is 1. The molecule has 0 bridgehead atoms. The fraction of sp³-hybridized carbons (Fsp3) is 0.167. The van der Waals surface area contributed by atoms with Crippen molar-refractivity contribution in [2.24, 2.45) is 0 Å². The Balaban J connectivity index is 2.82. The fourth-order valence-electron chi connectivity index (χ4n) is 1.43. The first kappa shape index (κ1) is 14.4. The first-order valence-corrected chi connectivity index (χ1v) is 5.30. The minimum atomic E-state index is -1.23. The van der Waals surface area contributed by atoms with Crippen molar-refractivity contribution in [2.45, 2.75) is 6.54 Å². The van der Waals surface area contributed by atoms with Crippen LogP contribution in [0.3, 0.4) is 0 Å². The number of carboxylic acids is 1. The van der Waals surface area contributed by atoms with Gasteiger partial charge < -0.3 is 10.0 Å². The number of hydrogen-bond donors (Lipinski definition) is 1. The lowest BCUT2D eigenvalue weighted by molar-refractivity contribution is -0.385. The fourth-order valence-corrected chi connectivity index (χ4v) is 1.43. The van der Waals surface area contributed by atoms with Gasteiger partial charge >= 0.3 is 5.97 Å². The van der Waals surface area contributed by atoms with Gasteiger partial charge in [0.25, 0.3) is 5.69 Å². The molecule has 0 aromatic heterocycles. The Morgan fingerprint density at radius 1 is 1.37 bits per heavy atom. The lowest BCUT2D eigenvalue weighted by atomic mass is 10.1. The molecule has 0 saturated carbocycles. The second kappa shape index (κ2) is 6.29. The van der Waals surface area contributed by atoms with Crippen molar-refractivity contribution in [3.05, 3.63) is 52.1 Å². The van der Waals surface area contributed by atoms with E-state index in [0.29, 0.717) is 5.56 Å². The molecule has 1 N–H and O–H groups in total. The lowest BCUT2D eigenvalue weighted by Crippen LogP contribution is -2.24. The number of carbonyl (C=O) groups excluding carboxylic acids is 1. The third-order valence-corrected chi connectivity index (χ3v) is 2.34. The zero-order valence-corrected chi connectivity index (χ0v) is 10.1. The molecule has 1 aromatic carbocycles. The summed E-state index contributed by atoms with van der Waals surface area (Å²) >= 11 is 0. The quantitative estimate of drug-likeness (QED) is 0.489. The second-order valence-electron chi connectivity index (χ2n) is 3.75. The van der Waals surface area contributed by atoms with Crippen LogP contribution in [-0.2, 0) is 16.1 Å². The molecule has 1 aromatic rings. The van der Waals surface area contributed by atoms with Crippen LogP contribution >= 0.6 is 0 Å². The van der Waals surface area contributed by atoms with Gasteiger partial charge in [0.1, 0.15) is 0 Å². The number of amides is 1. The van der Waals surface area contributed by atoms with E-state index in [-0.39, 0.29) is 12.2 Å². The van der Waals surface area contributed by atoms with E-state index in [0.717, 1.165) is 12.2 Å². The van der Waals surface area contributed by atoms with Crippen LogP contribution in [0.5, 0.6) is 0 Å². The summed E-state index contributed by atoms with van der Waals surface area (Å²) < 4.78 is 0. The van der Waals surface area contributed by atoms with Gasteiger partial charge in [0.2, 0.25) is 5.91 Å². The van der Waals surface area contributed by atoms with Gasteiger partial charge in [-0.05, 0) is 0 Å². The highest BCUT2D eigenvalue weighted by Gasteiger charge is 2.15. The van der Waals surface area contributed by atoms with Gasteiger partial charge in [-0.15, -0.1) is 0 Å². The van der Waals surface area contributed by atoms with Crippen LogP contribution in [-0.4, -0.2) is 33.9 Å². The summed E-state index contributed by atoms with van der Waals surface area (Å²) in [7, 11) is 1.44. The maximum Gasteiger partial charge on any atom is 0.328 e. The molecule has 0 unspecified atom stereocenters. The minimum Gasteiger partial charge on any atom is -0.478 e. The van der Waals surface area contributed by atoms with Crippen LogP contribution in [0, 0.1) is 10.1 Å². The molecule has 0 saturated heterocycles. The van der Waals surface area contributed by atoms with E-state index >= 15 is 0 Å². The van der Waals surface area contributed by atoms with Crippen LogP contribution in [0.2, 0.25) is 0 Å². The number of nitro groups is 1. The van der Waals surface area contributed by atoms with Gasteiger partial charge in [-0.1, -0.05) is 18.2 Å². The van der Waals surface area contributed by atoms with E-state index in [1.54, 1.807) is 12.1 Å². The molecule has 0 spiro atoms. The highest BCUT2D eigenvalue weighted by atomic mass is 16.6. The molecule has 0 heterocycles. The number of para-hydroxylation sites is 1. The molecule has 100 valence electrons. The Bertz CT molecular complexity index is 539. The normalized spacial score (nSPS) is 10.4. The SMILES string of the molecule is CN(Cc1ccccc1[N+](=O)[O-])C(=O)/C=C/C(=O)O. The van der Waals surface area contributed by atoms with E-state index in [1.165, 1.54) is 24.1 Å². The maximum atomic E-state index is 11.5. The number of aliphatic carboxylic acids is 1. The highest BCUT2D eigenvalue weighted by Crippen LogP contribution is 2.18. The third kappa shape index (κ3) is 4.23. The van der Waals surface area contributed by atoms with Crippen molar-refractivity contribution in [3.8, 4) is 0 Å². The largest absolute Gasteiger partial charge is 0.478 e. The average Bonchev–Trinajstić information content (AvgIpc) is 2.36. The van der Waals surface area contributed by atoms with Gasteiger partial charge in [0.15, 0.2) is 0 Å². The van der Waals surface area contributed by atoms with Gasteiger partial charge in [-0.2, -0.15) is 0 Å². The molecule has 7 heteroatoms. The van der Waals surface area contributed by atoms with Gasteiger partial charge in [-0.3, -0.25) is 14.9 Å². The Hall–Kier alpha value is -2.70. The van der Waals surface area contributed by atoms with E-state index < -0.39 is 16.8 Å². The zero-order valence-electron chi connectivity index (χ0n) is 10.1. The predicted octanol–water partition coefficient (Wildman–Crippen LogP) is 1.19. The molecule has 0 radical (unpaired) electrons. The van der Waals surface area contributed by atoms with E-state index in [1.807, 2.05) is 0 Å². The molecule has 7 nitrogen and oxygen atoms in total. The number of nitrogens with zero attached hydrogens (tertiary/aromatic N) is 2. The highest BCUT2D eigenvalue weighted by molar-refractivity contribution is 5.93. The molecule has 0 aliphatic carbocycles. The van der Waals surface area contributed by atoms with Crippen LogP contribution in [0.15, 0.2) is 36.4 Å². The Morgan fingerprint density at radius 2 is 2.00 bits per heavy atom. The third-order valence-electron chi connectivity index (χ3n) is 2.34. The van der Waals surface area contributed by atoms with Crippen LogP contribution in [0.1, 0.15) is 5.56 Å². The van der Waals surface area contributed by atoms with Crippen LogP contribution < -0.4 is 0 Å². The number of likely N-dealkylation sites (N-methyl/N-ethyl adjacent to an activating group) is 1. The molecule has 0 fully saturated rings. The molecule has 19 heavy (non-hydrogen) atoms. The first-order valence-electron chi connectivity index (χ1n) is 5.30. The molecule has 0 aliphatic rings. The van der Waals surface area contributed by atoms with Crippen molar-refractivity contribution >= 4 is 17.6 Å². The van der Waals surface area contributed by atoms with Crippen molar-refractivity contribution < 1.29 is 19.6 Å². The number of carbonyl (C=O) groups is 2. The predicted molar refractivity (Wildman–Crippen MR) is 66.3 cm³/mol. The Kier molecular flexibility index (Phi) is 4.76. The van der Waals surface area contributed by atoms with E-state index in [9.17, 15) is 19.7 Å². The smallest absolute Gasteiger partial charge is 0.328 e. The molecule has 0 atom stereocenters. The van der Waals surface area contributed by atoms with Gasteiger partial charge in [-0.25, -0.2) is 4.79 Å². The first-order chi connectivity index (χ1) is 8.91. The average molecular weight is 264 g/mol. The second-order valence-corrected chi connectivity index (χ2v) is 3.75. The summed E-state index contributed by atoms with van der Waals surface area (Å²) in [5, 5.41) is 19.2. The van der Waals surface area contributed by atoms with Crippen molar-refractivity contribution in [1.29, 1.82) is 0 Å². The van der Waals surface area contributed by atoms with Gasteiger partial charge in [0, 0.05) is 30.8 Å². The summed E-state index contributed by atoms with van der Waals surface area (Å²) in [6, 6.07) is 6.06. The lowest BCUT2D eigenvalue weighted by Gasteiger charge is -2.14. The molecule has 1 rings (SSSR count). The number of hydrogen-bond acceptors (Lipinski definition) is 4. The zero-order chi connectivity index (χ0) is 14.4. The summed E-state index contributed by atoms with van der Waals surface area (Å²) in [5.74, 6) is -1.77. The molecular formula is C12H12N2O5. The van der Waals surface area contributed by atoms with E-state index in [2.05, 4.69) is 0 Å². The Morgan fingerprint density at radius 3 is 2.58 bits per heavy atom. The summed E-state index contributed by atoms with van der Waals surface area (Å²) in [5.41, 5.74) is 0.302. The number of nitro benzene ring substituents is 1. The molecule has 1 amide bonds. The number of rotatable bonds is 5.